The van der Waals surface area contributed by atoms with E-state index in [4.69, 9.17) is 0 Å². The molecule has 0 spiro atoms. The number of thioether (sulfide) groups is 1. The predicted molar refractivity (Wildman–Crippen MR) is 125 cm³/mol. The molecule has 10 nitrogen and oxygen atoms in total. The van der Waals surface area contributed by atoms with Crippen molar-refractivity contribution in [1.82, 2.24) is 20.1 Å². The smallest absolute Gasteiger partial charge is 0.271 e. The molecule has 0 bridgehead atoms. The van der Waals surface area contributed by atoms with Crippen LogP contribution in [0.25, 0.3) is 0 Å². The van der Waals surface area contributed by atoms with Gasteiger partial charge in [-0.05, 0) is 25.0 Å². The summed E-state index contributed by atoms with van der Waals surface area (Å²) in [5.74, 6) is 0.219. The van der Waals surface area contributed by atoms with Crippen LogP contribution in [0.5, 0.6) is 0 Å². The number of nitrogens with one attached hydrogen (secondary N) is 2. The first kappa shape index (κ1) is 23.9. The van der Waals surface area contributed by atoms with Gasteiger partial charge in [0.1, 0.15) is 0 Å². The zero-order valence-electron chi connectivity index (χ0n) is 18.3. The van der Waals surface area contributed by atoms with Crippen molar-refractivity contribution in [2.45, 2.75) is 38.5 Å². The number of hydrogen-bond donors (Lipinski definition) is 2. The van der Waals surface area contributed by atoms with Crippen molar-refractivity contribution in [2.24, 2.45) is 0 Å². The summed E-state index contributed by atoms with van der Waals surface area (Å²) >= 11 is 1.20. The molecule has 172 valence electrons. The third kappa shape index (κ3) is 6.62. The van der Waals surface area contributed by atoms with Crippen LogP contribution in [0.2, 0.25) is 0 Å². The Morgan fingerprint density at radius 2 is 1.88 bits per heavy atom. The average Bonchev–Trinajstić information content (AvgIpc) is 3.20. The summed E-state index contributed by atoms with van der Waals surface area (Å²) in [5.41, 5.74) is 1.96. The Labute approximate surface area is 194 Å². The number of nitro benzene ring substituents is 1. The molecule has 0 saturated carbocycles. The fraction of sp³-hybridized carbons (Fsp3) is 0.273. The van der Waals surface area contributed by atoms with Gasteiger partial charge >= 0.3 is 0 Å². The van der Waals surface area contributed by atoms with Crippen LogP contribution >= 0.6 is 11.8 Å². The third-order valence-corrected chi connectivity index (χ3v) is 5.77. The molecule has 0 radical (unpaired) electrons. The topological polar surface area (TPSA) is 132 Å². The molecule has 2 N–H and O–H groups in total. The lowest BCUT2D eigenvalue weighted by atomic mass is 10.1. The van der Waals surface area contributed by atoms with Gasteiger partial charge in [-0.2, -0.15) is 0 Å². The Balaban J connectivity index is 1.55. The number of aryl methyl sites for hydroxylation is 1. The number of benzene rings is 2. The molecule has 1 heterocycles. The van der Waals surface area contributed by atoms with Crippen molar-refractivity contribution in [1.29, 1.82) is 0 Å². The number of aromatic nitrogens is 3. The molecule has 3 rings (SSSR count). The maximum absolute atomic E-state index is 12.4. The van der Waals surface area contributed by atoms with Crippen LogP contribution in [0.1, 0.15) is 23.9 Å². The van der Waals surface area contributed by atoms with Crippen LogP contribution in [-0.2, 0) is 29.1 Å². The van der Waals surface area contributed by atoms with Crippen LogP contribution in [0, 0.1) is 17.0 Å². The number of carbonyl (C=O) groups is 2. The molecule has 0 aliphatic carbocycles. The number of hydrogen-bond acceptors (Lipinski definition) is 7. The van der Waals surface area contributed by atoms with E-state index in [1.165, 1.54) is 23.9 Å². The van der Waals surface area contributed by atoms with E-state index in [0.717, 1.165) is 11.1 Å². The highest BCUT2D eigenvalue weighted by Gasteiger charge is 2.16. The maximum Gasteiger partial charge on any atom is 0.271 e. The van der Waals surface area contributed by atoms with E-state index in [2.05, 4.69) is 20.8 Å². The molecule has 33 heavy (non-hydrogen) atoms. The Morgan fingerprint density at radius 3 is 2.58 bits per heavy atom. The van der Waals surface area contributed by atoms with E-state index in [-0.39, 0.29) is 36.2 Å². The molecule has 2 amide bonds. The number of amides is 2. The lowest BCUT2D eigenvalue weighted by Crippen LogP contribution is -2.26. The predicted octanol–water partition coefficient (Wildman–Crippen LogP) is 3.10. The SMILES string of the molecule is CCn1c(CNC(=O)Cc2ccccc2)nnc1SCC(=O)Nc1cc([N+](=O)[O-])ccc1C. The van der Waals surface area contributed by atoms with Gasteiger partial charge in [-0.15, -0.1) is 10.2 Å². The summed E-state index contributed by atoms with van der Waals surface area (Å²) in [6.07, 6.45) is 0.278. The molecule has 0 unspecified atom stereocenters. The third-order valence-electron chi connectivity index (χ3n) is 4.80. The van der Waals surface area contributed by atoms with E-state index >= 15 is 0 Å². The number of anilines is 1. The highest BCUT2D eigenvalue weighted by Crippen LogP contribution is 2.23. The van der Waals surface area contributed by atoms with Gasteiger partial charge in [-0.1, -0.05) is 48.2 Å². The number of carbonyl (C=O) groups excluding carboxylic acids is 2. The second-order valence-electron chi connectivity index (χ2n) is 7.18. The lowest BCUT2D eigenvalue weighted by molar-refractivity contribution is -0.384. The Bertz CT molecular complexity index is 1150. The first-order chi connectivity index (χ1) is 15.9. The van der Waals surface area contributed by atoms with Gasteiger partial charge < -0.3 is 15.2 Å². The fourth-order valence-corrected chi connectivity index (χ4v) is 3.89. The maximum atomic E-state index is 12.4. The number of rotatable bonds is 10. The van der Waals surface area contributed by atoms with Crippen molar-refractivity contribution >= 4 is 35.0 Å². The molecule has 0 aliphatic rings. The quantitative estimate of drug-likeness (QED) is 0.265. The minimum absolute atomic E-state index is 0.0562. The van der Waals surface area contributed by atoms with Crippen molar-refractivity contribution in [3.8, 4) is 0 Å². The first-order valence-electron chi connectivity index (χ1n) is 10.3. The molecule has 0 atom stereocenters. The summed E-state index contributed by atoms with van der Waals surface area (Å²) in [5, 5.41) is 25.4. The molecule has 3 aromatic rings. The zero-order chi connectivity index (χ0) is 23.8. The second kappa shape index (κ2) is 11.2. The number of nitro groups is 1. The molecule has 2 aromatic carbocycles. The van der Waals surface area contributed by atoms with E-state index in [9.17, 15) is 19.7 Å². The van der Waals surface area contributed by atoms with Gasteiger partial charge in [0.2, 0.25) is 11.8 Å². The fourth-order valence-electron chi connectivity index (χ4n) is 3.07. The van der Waals surface area contributed by atoms with Crippen LogP contribution < -0.4 is 10.6 Å². The summed E-state index contributed by atoms with van der Waals surface area (Å²) in [6, 6.07) is 13.8. The number of non-ortho nitro benzene ring substituents is 1. The lowest BCUT2D eigenvalue weighted by Gasteiger charge is -2.10. The largest absolute Gasteiger partial charge is 0.349 e. The summed E-state index contributed by atoms with van der Waals surface area (Å²) in [7, 11) is 0. The van der Waals surface area contributed by atoms with Gasteiger partial charge in [0.05, 0.1) is 29.3 Å². The monoisotopic (exact) mass is 468 g/mol. The molecule has 1 aromatic heterocycles. The average molecular weight is 469 g/mol. The van der Waals surface area contributed by atoms with Gasteiger partial charge in [0.25, 0.3) is 5.69 Å². The molecular weight excluding hydrogens is 444 g/mol. The van der Waals surface area contributed by atoms with Crippen molar-refractivity contribution in [3.63, 3.8) is 0 Å². The minimum atomic E-state index is -0.506. The van der Waals surface area contributed by atoms with Crippen molar-refractivity contribution < 1.29 is 14.5 Å². The van der Waals surface area contributed by atoms with Crippen LogP contribution in [0.4, 0.5) is 11.4 Å². The van der Waals surface area contributed by atoms with Crippen LogP contribution in [0.15, 0.2) is 53.7 Å². The van der Waals surface area contributed by atoms with Gasteiger partial charge in [0, 0.05) is 18.7 Å². The van der Waals surface area contributed by atoms with Crippen LogP contribution in [0.3, 0.4) is 0 Å². The number of nitrogens with zero attached hydrogens (tertiary/aromatic N) is 4. The van der Waals surface area contributed by atoms with E-state index in [1.807, 2.05) is 41.8 Å². The summed E-state index contributed by atoms with van der Waals surface area (Å²) in [6.45, 7) is 4.49. The minimum Gasteiger partial charge on any atom is -0.349 e. The van der Waals surface area contributed by atoms with Crippen molar-refractivity contribution in [3.05, 3.63) is 75.6 Å². The highest BCUT2D eigenvalue weighted by molar-refractivity contribution is 7.99. The molecular formula is C22H24N6O4S. The summed E-state index contributed by atoms with van der Waals surface area (Å²) < 4.78 is 1.83. The van der Waals surface area contributed by atoms with Crippen LogP contribution in [-0.4, -0.2) is 37.3 Å². The van der Waals surface area contributed by atoms with Crippen molar-refractivity contribution in [2.75, 3.05) is 11.1 Å². The molecule has 11 heteroatoms. The van der Waals surface area contributed by atoms with E-state index in [0.29, 0.717) is 23.2 Å². The Kier molecular flexibility index (Phi) is 8.14. The Hall–Kier alpha value is -3.73. The molecule has 0 aliphatic heterocycles. The van der Waals surface area contributed by atoms with E-state index < -0.39 is 4.92 Å². The normalized spacial score (nSPS) is 10.6. The second-order valence-corrected chi connectivity index (χ2v) is 8.12. The first-order valence-corrected chi connectivity index (χ1v) is 11.3. The molecule has 0 fully saturated rings. The van der Waals surface area contributed by atoms with Gasteiger partial charge in [0.15, 0.2) is 11.0 Å². The van der Waals surface area contributed by atoms with Gasteiger partial charge in [-0.3, -0.25) is 19.7 Å². The highest BCUT2D eigenvalue weighted by atomic mass is 32.2. The standard InChI is InChI=1S/C22H24N6O4S/c1-3-27-19(13-23-20(29)11-16-7-5-4-6-8-16)25-26-22(27)33-14-21(30)24-18-12-17(28(31)32)10-9-15(18)2/h4-10,12H,3,11,13-14H2,1-2H3,(H,23,29)(H,24,30). The Morgan fingerprint density at radius 1 is 1.12 bits per heavy atom. The van der Waals surface area contributed by atoms with Gasteiger partial charge in [-0.25, -0.2) is 0 Å². The zero-order valence-corrected chi connectivity index (χ0v) is 19.1. The van der Waals surface area contributed by atoms with E-state index in [1.54, 1.807) is 13.0 Å². The molecule has 0 saturated heterocycles. The summed E-state index contributed by atoms with van der Waals surface area (Å²) in [4.78, 5) is 35.1.